The van der Waals surface area contributed by atoms with Gasteiger partial charge < -0.3 is 18.8 Å². The van der Waals surface area contributed by atoms with Crippen molar-refractivity contribution in [3.63, 3.8) is 0 Å². The van der Waals surface area contributed by atoms with E-state index in [1.165, 1.54) is 6.07 Å². The molecule has 9 heteroatoms. The number of aryl methyl sites for hydroxylation is 3. The van der Waals surface area contributed by atoms with Crippen LogP contribution in [0.5, 0.6) is 5.75 Å². The topological polar surface area (TPSA) is 115 Å². The van der Waals surface area contributed by atoms with Crippen molar-refractivity contribution in [3.05, 3.63) is 61.4 Å². The zero-order valence-corrected chi connectivity index (χ0v) is 19.0. The fraction of sp³-hybridized carbons (Fsp3) is 0.417. The minimum Gasteiger partial charge on any atom is -0.426 e. The Kier molecular flexibility index (Phi) is 6.60. The number of aromatic amines is 1. The number of aromatic nitrogens is 2. The molecule has 1 aliphatic rings. The van der Waals surface area contributed by atoms with Crippen LogP contribution in [-0.2, 0) is 22.4 Å². The van der Waals surface area contributed by atoms with Crippen molar-refractivity contribution in [3.8, 4) is 5.75 Å². The Morgan fingerprint density at radius 2 is 1.94 bits per heavy atom. The van der Waals surface area contributed by atoms with Crippen LogP contribution in [0.15, 0.2) is 32.2 Å². The summed E-state index contributed by atoms with van der Waals surface area (Å²) in [4.78, 5) is 46.3. The highest BCUT2D eigenvalue weighted by molar-refractivity contribution is 5.84. The van der Waals surface area contributed by atoms with E-state index in [1.54, 1.807) is 13.0 Å². The van der Waals surface area contributed by atoms with E-state index < -0.39 is 11.6 Å². The number of ether oxygens (including phenoxy) is 2. The number of nitrogens with one attached hydrogen (secondary N) is 1. The van der Waals surface area contributed by atoms with Gasteiger partial charge in [-0.3, -0.25) is 14.6 Å². The number of morpholine rings is 1. The van der Waals surface area contributed by atoms with Gasteiger partial charge in [0.25, 0.3) is 5.56 Å². The zero-order chi connectivity index (χ0) is 23.5. The molecule has 4 rings (SSSR count). The van der Waals surface area contributed by atoms with Gasteiger partial charge in [0.05, 0.1) is 19.6 Å². The van der Waals surface area contributed by atoms with Crippen molar-refractivity contribution in [1.82, 2.24) is 9.97 Å². The first-order valence-electron chi connectivity index (χ1n) is 11.1. The molecule has 3 aromatic rings. The predicted octanol–water partition coefficient (Wildman–Crippen LogP) is 2.43. The lowest BCUT2D eigenvalue weighted by molar-refractivity contribution is -0.134. The second kappa shape index (κ2) is 9.58. The van der Waals surface area contributed by atoms with E-state index in [-0.39, 0.29) is 18.4 Å². The fourth-order valence-corrected chi connectivity index (χ4v) is 3.98. The lowest BCUT2D eigenvalue weighted by atomic mass is 10.1. The maximum Gasteiger partial charge on any atom is 0.336 e. The number of benzene rings is 1. The Bertz CT molecular complexity index is 1300. The molecule has 33 heavy (non-hydrogen) atoms. The highest BCUT2D eigenvalue weighted by Gasteiger charge is 2.18. The quantitative estimate of drug-likeness (QED) is 0.344. The molecule has 174 valence electrons. The van der Waals surface area contributed by atoms with Crippen molar-refractivity contribution in [1.29, 1.82) is 0 Å². The summed E-state index contributed by atoms with van der Waals surface area (Å²) < 4.78 is 16.2. The number of rotatable bonds is 6. The molecule has 3 heterocycles. The molecule has 0 spiro atoms. The summed E-state index contributed by atoms with van der Waals surface area (Å²) in [5.74, 6) is 0.401. The third kappa shape index (κ3) is 4.98. The normalized spacial score (nSPS) is 14.0. The lowest BCUT2D eigenvalue weighted by Gasteiger charge is -2.27. The average molecular weight is 453 g/mol. The molecule has 0 radical (unpaired) electrons. The average Bonchev–Trinajstić information content (AvgIpc) is 2.78. The van der Waals surface area contributed by atoms with Gasteiger partial charge in [-0.2, -0.15) is 0 Å². The standard InChI is InChI=1S/C24H27N3O6/c1-4-16-12-18-14(2)11-22(29)33-20(18)13-19(16)32-21(28)6-5-17-15(3)25-24(26-23(17)30)27-7-9-31-10-8-27/h11-13H,4-10H2,1-3H3,(H,25,26,30). The molecule has 1 saturated heterocycles. The van der Waals surface area contributed by atoms with Crippen LogP contribution in [0.4, 0.5) is 5.95 Å². The Morgan fingerprint density at radius 1 is 1.18 bits per heavy atom. The Hall–Kier alpha value is -3.46. The number of fused-ring (bicyclic) bond motifs is 1. The van der Waals surface area contributed by atoms with Gasteiger partial charge in [0.1, 0.15) is 11.3 Å². The Morgan fingerprint density at radius 3 is 2.64 bits per heavy atom. The molecular formula is C24H27N3O6. The summed E-state index contributed by atoms with van der Waals surface area (Å²) in [6, 6.07) is 4.89. The number of esters is 1. The molecule has 1 fully saturated rings. The van der Waals surface area contributed by atoms with E-state index in [2.05, 4.69) is 9.97 Å². The molecule has 9 nitrogen and oxygen atoms in total. The minimum atomic E-state index is -0.477. The third-order valence-corrected chi connectivity index (χ3v) is 5.84. The second-order valence-electron chi connectivity index (χ2n) is 8.09. The number of H-pyrrole nitrogens is 1. The van der Waals surface area contributed by atoms with E-state index in [4.69, 9.17) is 13.9 Å². The molecule has 0 amide bonds. The van der Waals surface area contributed by atoms with Crippen molar-refractivity contribution in [2.75, 3.05) is 31.2 Å². The highest BCUT2D eigenvalue weighted by Crippen LogP contribution is 2.28. The van der Waals surface area contributed by atoms with Gasteiger partial charge in [-0.05, 0) is 43.9 Å². The molecule has 0 bridgehead atoms. The van der Waals surface area contributed by atoms with Gasteiger partial charge in [-0.25, -0.2) is 9.78 Å². The van der Waals surface area contributed by atoms with Gasteiger partial charge in [-0.15, -0.1) is 0 Å². The van der Waals surface area contributed by atoms with Crippen LogP contribution in [0.2, 0.25) is 0 Å². The van der Waals surface area contributed by atoms with Gasteiger partial charge in [0.15, 0.2) is 0 Å². The van der Waals surface area contributed by atoms with E-state index in [0.717, 1.165) is 16.5 Å². The highest BCUT2D eigenvalue weighted by atomic mass is 16.5. The number of hydrogen-bond acceptors (Lipinski definition) is 8. The van der Waals surface area contributed by atoms with Gasteiger partial charge in [0, 0.05) is 41.9 Å². The van der Waals surface area contributed by atoms with Crippen molar-refractivity contribution in [2.24, 2.45) is 0 Å². The van der Waals surface area contributed by atoms with Crippen molar-refractivity contribution < 1.29 is 18.7 Å². The summed E-state index contributed by atoms with van der Waals surface area (Å²) in [7, 11) is 0. The number of carbonyl (C=O) groups excluding carboxylic acids is 1. The Labute approximate surface area is 190 Å². The van der Waals surface area contributed by atoms with Crippen LogP contribution >= 0.6 is 0 Å². The first-order chi connectivity index (χ1) is 15.9. The number of nitrogens with zero attached hydrogens (tertiary/aromatic N) is 2. The van der Waals surface area contributed by atoms with E-state index in [1.807, 2.05) is 24.8 Å². The molecule has 1 N–H and O–H groups in total. The van der Waals surface area contributed by atoms with E-state index >= 15 is 0 Å². The van der Waals surface area contributed by atoms with Crippen LogP contribution in [0.3, 0.4) is 0 Å². The maximum atomic E-state index is 12.6. The van der Waals surface area contributed by atoms with Crippen LogP contribution < -0.4 is 20.8 Å². The number of anilines is 1. The van der Waals surface area contributed by atoms with Crippen LogP contribution in [-0.4, -0.2) is 42.2 Å². The van der Waals surface area contributed by atoms with Crippen LogP contribution in [0, 0.1) is 13.8 Å². The maximum absolute atomic E-state index is 12.6. The summed E-state index contributed by atoms with van der Waals surface area (Å²) in [6.45, 7) is 8.07. The molecule has 2 aromatic heterocycles. The summed E-state index contributed by atoms with van der Waals surface area (Å²) >= 11 is 0. The van der Waals surface area contributed by atoms with Gasteiger partial charge in [0.2, 0.25) is 5.95 Å². The SMILES string of the molecule is CCc1cc2c(C)cc(=O)oc2cc1OC(=O)CCc1c(C)nc(N2CCOCC2)[nH]c1=O. The van der Waals surface area contributed by atoms with E-state index in [9.17, 15) is 14.4 Å². The molecular weight excluding hydrogens is 426 g/mol. The summed E-state index contributed by atoms with van der Waals surface area (Å²) in [6.07, 6.45) is 0.865. The lowest BCUT2D eigenvalue weighted by Crippen LogP contribution is -2.38. The molecule has 0 saturated carbocycles. The first-order valence-corrected chi connectivity index (χ1v) is 11.1. The number of carbonyl (C=O) groups is 1. The van der Waals surface area contributed by atoms with Crippen LogP contribution in [0.1, 0.15) is 35.7 Å². The smallest absolute Gasteiger partial charge is 0.336 e. The second-order valence-corrected chi connectivity index (χ2v) is 8.09. The predicted molar refractivity (Wildman–Crippen MR) is 123 cm³/mol. The molecule has 1 aromatic carbocycles. The zero-order valence-electron chi connectivity index (χ0n) is 19.0. The fourth-order valence-electron chi connectivity index (χ4n) is 3.98. The first kappa shape index (κ1) is 22.7. The number of hydrogen-bond donors (Lipinski definition) is 1. The summed E-state index contributed by atoms with van der Waals surface area (Å²) in [5, 5.41) is 0.805. The minimum absolute atomic E-state index is 0.0153. The Balaban J connectivity index is 1.49. The van der Waals surface area contributed by atoms with E-state index in [0.29, 0.717) is 61.3 Å². The largest absolute Gasteiger partial charge is 0.426 e. The molecule has 0 unspecified atom stereocenters. The summed E-state index contributed by atoms with van der Waals surface area (Å²) in [5.41, 5.74) is 2.34. The molecule has 0 aliphatic carbocycles. The van der Waals surface area contributed by atoms with Crippen molar-refractivity contribution in [2.45, 2.75) is 40.0 Å². The molecule has 0 atom stereocenters. The van der Waals surface area contributed by atoms with Crippen LogP contribution in [0.25, 0.3) is 11.0 Å². The third-order valence-electron chi connectivity index (χ3n) is 5.84. The molecule has 1 aliphatic heterocycles. The van der Waals surface area contributed by atoms with Gasteiger partial charge in [-0.1, -0.05) is 6.92 Å². The van der Waals surface area contributed by atoms with Crippen molar-refractivity contribution >= 4 is 22.9 Å². The van der Waals surface area contributed by atoms with Gasteiger partial charge >= 0.3 is 11.6 Å². The monoisotopic (exact) mass is 453 g/mol.